The number of rotatable bonds is 7. The van der Waals surface area contributed by atoms with Gasteiger partial charge in [0.1, 0.15) is 6.61 Å². The molecule has 5 heteroatoms. The topological polar surface area (TPSA) is 24.5 Å². The molecule has 1 unspecified atom stereocenters. The summed E-state index contributed by atoms with van der Waals surface area (Å²) in [4.78, 5) is 1.90. The van der Waals surface area contributed by atoms with Gasteiger partial charge in [-0.3, -0.25) is 0 Å². The standard InChI is InChI=1S/C9H20F2N2O/c1-8(5-13(3)4)14-7-9(10,11)6-12-2/h8,12H,5-7H2,1-4H3. The highest BCUT2D eigenvalue weighted by Gasteiger charge is 2.28. The molecule has 0 aliphatic carbocycles. The van der Waals surface area contributed by atoms with E-state index in [2.05, 4.69) is 5.32 Å². The van der Waals surface area contributed by atoms with Crippen molar-refractivity contribution in [2.45, 2.75) is 19.0 Å². The van der Waals surface area contributed by atoms with Gasteiger partial charge in [-0.25, -0.2) is 8.78 Å². The zero-order valence-corrected chi connectivity index (χ0v) is 9.31. The second-order valence-corrected chi connectivity index (χ2v) is 3.77. The minimum atomic E-state index is -2.78. The van der Waals surface area contributed by atoms with Gasteiger partial charge in [0.15, 0.2) is 0 Å². The molecule has 0 heterocycles. The van der Waals surface area contributed by atoms with Gasteiger partial charge in [0, 0.05) is 6.54 Å². The van der Waals surface area contributed by atoms with Gasteiger partial charge in [0.25, 0.3) is 5.92 Å². The predicted molar refractivity (Wildman–Crippen MR) is 52.8 cm³/mol. The van der Waals surface area contributed by atoms with E-state index in [0.717, 1.165) is 0 Å². The van der Waals surface area contributed by atoms with Crippen LogP contribution in [0, 0.1) is 0 Å². The molecule has 1 N–H and O–H groups in total. The van der Waals surface area contributed by atoms with Crippen LogP contribution in [0.2, 0.25) is 0 Å². The van der Waals surface area contributed by atoms with E-state index in [9.17, 15) is 8.78 Å². The zero-order chi connectivity index (χ0) is 11.2. The summed E-state index contributed by atoms with van der Waals surface area (Å²) in [7, 11) is 5.26. The molecule has 0 aromatic rings. The van der Waals surface area contributed by atoms with Gasteiger partial charge in [0.05, 0.1) is 12.6 Å². The van der Waals surface area contributed by atoms with E-state index in [-0.39, 0.29) is 12.6 Å². The van der Waals surface area contributed by atoms with Crippen molar-refractivity contribution in [1.82, 2.24) is 10.2 Å². The van der Waals surface area contributed by atoms with E-state index in [1.54, 1.807) is 6.92 Å². The Morgan fingerprint density at radius 2 is 2.00 bits per heavy atom. The maximum Gasteiger partial charge on any atom is 0.283 e. The quantitative estimate of drug-likeness (QED) is 0.673. The lowest BCUT2D eigenvalue weighted by Crippen LogP contribution is -2.37. The average molecular weight is 210 g/mol. The second kappa shape index (κ2) is 6.27. The number of halogens is 2. The van der Waals surface area contributed by atoms with Crippen molar-refractivity contribution in [3.63, 3.8) is 0 Å². The van der Waals surface area contributed by atoms with Crippen LogP contribution in [0.1, 0.15) is 6.92 Å². The summed E-state index contributed by atoms with van der Waals surface area (Å²) >= 11 is 0. The van der Waals surface area contributed by atoms with Crippen LogP contribution in [-0.2, 0) is 4.74 Å². The number of likely N-dealkylation sites (N-methyl/N-ethyl adjacent to an activating group) is 1. The lowest BCUT2D eigenvalue weighted by molar-refractivity contribution is -0.0955. The van der Waals surface area contributed by atoms with E-state index < -0.39 is 12.5 Å². The number of hydrogen-bond donors (Lipinski definition) is 1. The highest BCUT2D eigenvalue weighted by Crippen LogP contribution is 2.13. The maximum atomic E-state index is 12.9. The Bertz CT molecular complexity index is 154. The number of alkyl halides is 2. The molecule has 0 spiro atoms. The van der Waals surface area contributed by atoms with Crippen molar-refractivity contribution in [1.29, 1.82) is 0 Å². The van der Waals surface area contributed by atoms with Crippen LogP contribution in [-0.4, -0.2) is 57.8 Å². The fourth-order valence-electron chi connectivity index (χ4n) is 1.14. The highest BCUT2D eigenvalue weighted by molar-refractivity contribution is 4.68. The summed E-state index contributed by atoms with van der Waals surface area (Å²) in [6.45, 7) is 1.57. The number of nitrogens with one attached hydrogen (secondary N) is 1. The molecule has 14 heavy (non-hydrogen) atoms. The third kappa shape index (κ3) is 7.17. The monoisotopic (exact) mass is 210 g/mol. The third-order valence-corrected chi connectivity index (χ3v) is 1.64. The fourth-order valence-corrected chi connectivity index (χ4v) is 1.14. The zero-order valence-electron chi connectivity index (χ0n) is 9.31. The van der Waals surface area contributed by atoms with Crippen molar-refractivity contribution in [2.24, 2.45) is 0 Å². The van der Waals surface area contributed by atoms with Crippen LogP contribution in [0.15, 0.2) is 0 Å². The molecular formula is C9H20F2N2O. The molecule has 0 radical (unpaired) electrons. The summed E-state index contributed by atoms with van der Waals surface area (Å²) in [6, 6.07) is 0. The molecule has 0 saturated heterocycles. The van der Waals surface area contributed by atoms with E-state index >= 15 is 0 Å². The molecule has 0 saturated carbocycles. The van der Waals surface area contributed by atoms with Gasteiger partial charge in [0.2, 0.25) is 0 Å². The Morgan fingerprint density at radius 1 is 1.43 bits per heavy atom. The van der Waals surface area contributed by atoms with Gasteiger partial charge in [-0.15, -0.1) is 0 Å². The minimum Gasteiger partial charge on any atom is -0.371 e. The first-order valence-electron chi connectivity index (χ1n) is 4.66. The Balaban J connectivity index is 3.69. The van der Waals surface area contributed by atoms with E-state index in [1.165, 1.54) is 7.05 Å². The predicted octanol–water partition coefficient (Wildman–Crippen LogP) is 0.808. The lowest BCUT2D eigenvalue weighted by Gasteiger charge is -2.21. The van der Waals surface area contributed by atoms with Gasteiger partial charge >= 0.3 is 0 Å². The molecule has 0 aromatic carbocycles. The van der Waals surface area contributed by atoms with Crippen LogP contribution in [0.3, 0.4) is 0 Å². The molecule has 1 atom stereocenters. The molecule has 0 rings (SSSR count). The van der Waals surface area contributed by atoms with Crippen molar-refractivity contribution in [3.8, 4) is 0 Å². The molecule has 0 bridgehead atoms. The second-order valence-electron chi connectivity index (χ2n) is 3.77. The Labute approximate surface area is 84.4 Å². The lowest BCUT2D eigenvalue weighted by atomic mass is 10.3. The molecule has 0 aromatic heterocycles. The first-order valence-corrected chi connectivity index (χ1v) is 4.66. The first-order chi connectivity index (χ1) is 6.37. The SMILES string of the molecule is CNCC(F)(F)COC(C)CN(C)C. The van der Waals surface area contributed by atoms with Crippen LogP contribution in [0.5, 0.6) is 0 Å². The van der Waals surface area contributed by atoms with Gasteiger partial charge < -0.3 is 15.0 Å². The summed E-state index contributed by atoms with van der Waals surface area (Å²) < 4.78 is 30.9. The van der Waals surface area contributed by atoms with Crippen molar-refractivity contribution in [3.05, 3.63) is 0 Å². The average Bonchev–Trinajstić information content (AvgIpc) is 2.00. The largest absolute Gasteiger partial charge is 0.371 e. The van der Waals surface area contributed by atoms with Crippen LogP contribution < -0.4 is 5.32 Å². The fraction of sp³-hybridized carbons (Fsp3) is 1.00. The van der Waals surface area contributed by atoms with Crippen LogP contribution in [0.25, 0.3) is 0 Å². The summed E-state index contributed by atoms with van der Waals surface area (Å²) in [6.07, 6.45) is -0.173. The molecule has 3 nitrogen and oxygen atoms in total. The molecule has 86 valence electrons. The Kier molecular flexibility index (Phi) is 6.15. The Hall–Kier alpha value is -0.260. The summed E-state index contributed by atoms with van der Waals surface area (Å²) in [5.41, 5.74) is 0. The number of hydrogen-bond acceptors (Lipinski definition) is 3. The van der Waals surface area contributed by atoms with Gasteiger partial charge in [-0.1, -0.05) is 0 Å². The number of nitrogens with zero attached hydrogens (tertiary/aromatic N) is 1. The summed E-state index contributed by atoms with van der Waals surface area (Å²) in [5, 5.41) is 2.43. The first kappa shape index (κ1) is 13.7. The maximum absolute atomic E-state index is 12.9. The smallest absolute Gasteiger partial charge is 0.283 e. The molecule has 0 amide bonds. The minimum absolute atomic E-state index is 0.173. The molecule has 0 aliphatic rings. The van der Waals surface area contributed by atoms with Gasteiger partial charge in [-0.2, -0.15) is 0 Å². The molecular weight excluding hydrogens is 190 g/mol. The van der Waals surface area contributed by atoms with Crippen LogP contribution in [0.4, 0.5) is 8.78 Å². The normalized spacial score (nSPS) is 14.8. The van der Waals surface area contributed by atoms with Crippen molar-refractivity contribution in [2.75, 3.05) is 40.8 Å². The Morgan fingerprint density at radius 3 is 2.43 bits per heavy atom. The molecule has 0 aliphatic heterocycles. The van der Waals surface area contributed by atoms with E-state index in [4.69, 9.17) is 4.74 Å². The van der Waals surface area contributed by atoms with Gasteiger partial charge in [-0.05, 0) is 28.1 Å². The van der Waals surface area contributed by atoms with Crippen LogP contribution >= 0.6 is 0 Å². The van der Waals surface area contributed by atoms with E-state index in [1.807, 2.05) is 19.0 Å². The molecule has 0 fully saturated rings. The van der Waals surface area contributed by atoms with Crippen molar-refractivity contribution >= 4 is 0 Å². The third-order valence-electron chi connectivity index (χ3n) is 1.64. The van der Waals surface area contributed by atoms with Crippen molar-refractivity contribution < 1.29 is 13.5 Å². The van der Waals surface area contributed by atoms with E-state index in [0.29, 0.717) is 6.54 Å². The summed E-state index contributed by atoms with van der Waals surface area (Å²) in [5.74, 6) is -2.78. The highest BCUT2D eigenvalue weighted by atomic mass is 19.3. The number of ether oxygens (including phenoxy) is 1.